The summed E-state index contributed by atoms with van der Waals surface area (Å²) >= 11 is 0. The molecule has 3 fully saturated rings. The molecule has 5 heteroatoms. The average Bonchev–Trinajstić information content (AvgIpc) is 2.74. The maximum absolute atomic E-state index is 11.8. The van der Waals surface area contributed by atoms with Crippen LogP contribution in [-0.4, -0.2) is 45.2 Å². The fourth-order valence-corrected chi connectivity index (χ4v) is 4.66. The standard InChI is InChI=1S/C15H22O5/c1-7-4-5-9-8(2)13(18)20-12(9)14(3)10(16)6-11(17)15(7,14)19/h7,9-12,16-17,19H,2,4-6H2,1,3H3. The smallest absolute Gasteiger partial charge is 0.334 e. The number of rotatable bonds is 0. The van der Waals surface area contributed by atoms with Gasteiger partial charge in [0.25, 0.3) is 0 Å². The van der Waals surface area contributed by atoms with Gasteiger partial charge in [0.2, 0.25) is 0 Å². The Balaban J connectivity index is 2.15. The molecule has 20 heavy (non-hydrogen) atoms. The van der Waals surface area contributed by atoms with Crippen molar-refractivity contribution in [1.29, 1.82) is 0 Å². The highest BCUT2D eigenvalue weighted by Gasteiger charge is 2.71. The van der Waals surface area contributed by atoms with E-state index in [0.29, 0.717) is 18.4 Å². The van der Waals surface area contributed by atoms with Gasteiger partial charge in [-0.3, -0.25) is 0 Å². The van der Waals surface area contributed by atoms with Crippen molar-refractivity contribution in [2.45, 2.75) is 57.0 Å². The zero-order valence-electron chi connectivity index (χ0n) is 11.9. The van der Waals surface area contributed by atoms with E-state index in [9.17, 15) is 20.1 Å². The van der Waals surface area contributed by atoms with E-state index < -0.39 is 35.3 Å². The number of ether oxygens (including phenoxy) is 1. The van der Waals surface area contributed by atoms with Gasteiger partial charge in [0.15, 0.2) is 0 Å². The van der Waals surface area contributed by atoms with Gasteiger partial charge in [-0.2, -0.15) is 0 Å². The second-order valence-corrected chi connectivity index (χ2v) is 6.81. The molecular formula is C15H22O5. The van der Waals surface area contributed by atoms with E-state index in [2.05, 4.69) is 6.58 Å². The van der Waals surface area contributed by atoms with Crippen LogP contribution in [0.5, 0.6) is 0 Å². The highest BCUT2D eigenvalue weighted by atomic mass is 16.6. The summed E-state index contributed by atoms with van der Waals surface area (Å²) in [5.74, 6) is -0.826. The summed E-state index contributed by atoms with van der Waals surface area (Å²) in [4.78, 5) is 11.8. The highest BCUT2D eigenvalue weighted by molar-refractivity contribution is 5.91. The number of aliphatic hydroxyl groups is 3. The number of hydrogen-bond donors (Lipinski definition) is 3. The molecule has 0 aromatic heterocycles. The van der Waals surface area contributed by atoms with Crippen molar-refractivity contribution < 1.29 is 24.9 Å². The monoisotopic (exact) mass is 282 g/mol. The van der Waals surface area contributed by atoms with Crippen molar-refractivity contribution in [3.63, 3.8) is 0 Å². The molecule has 3 N–H and O–H groups in total. The summed E-state index contributed by atoms with van der Waals surface area (Å²) in [5.41, 5.74) is -2.10. The molecule has 7 atom stereocenters. The lowest BCUT2D eigenvalue weighted by atomic mass is 9.64. The first-order valence-electron chi connectivity index (χ1n) is 7.22. The first-order valence-corrected chi connectivity index (χ1v) is 7.22. The molecule has 1 aliphatic heterocycles. The van der Waals surface area contributed by atoms with E-state index in [1.54, 1.807) is 6.92 Å². The molecule has 0 aromatic carbocycles. The van der Waals surface area contributed by atoms with Gasteiger partial charge in [-0.25, -0.2) is 4.79 Å². The lowest BCUT2D eigenvalue weighted by Crippen LogP contribution is -2.61. The van der Waals surface area contributed by atoms with Gasteiger partial charge in [0, 0.05) is 17.9 Å². The summed E-state index contributed by atoms with van der Waals surface area (Å²) in [6, 6.07) is 0. The molecule has 2 aliphatic carbocycles. The van der Waals surface area contributed by atoms with Crippen molar-refractivity contribution in [2.24, 2.45) is 17.3 Å². The second kappa shape index (κ2) is 4.06. The Bertz CT molecular complexity index is 475. The maximum Gasteiger partial charge on any atom is 0.334 e. The van der Waals surface area contributed by atoms with Gasteiger partial charge in [-0.15, -0.1) is 0 Å². The molecule has 112 valence electrons. The normalized spacial score (nSPS) is 55.1. The lowest BCUT2D eigenvalue weighted by Gasteiger charge is -2.47. The van der Waals surface area contributed by atoms with E-state index >= 15 is 0 Å². The van der Waals surface area contributed by atoms with E-state index in [4.69, 9.17) is 4.74 Å². The van der Waals surface area contributed by atoms with Crippen molar-refractivity contribution in [3.05, 3.63) is 12.2 Å². The fourth-order valence-electron chi connectivity index (χ4n) is 4.66. The molecule has 1 heterocycles. The Labute approximate surface area is 118 Å². The van der Waals surface area contributed by atoms with Crippen molar-refractivity contribution in [2.75, 3.05) is 0 Å². The van der Waals surface area contributed by atoms with E-state index in [1.165, 1.54) is 0 Å². The molecule has 3 rings (SSSR count). The van der Waals surface area contributed by atoms with Gasteiger partial charge in [-0.1, -0.05) is 20.4 Å². The maximum atomic E-state index is 11.8. The molecule has 0 aromatic rings. The third-order valence-electron chi connectivity index (χ3n) is 6.07. The number of carbonyl (C=O) groups excluding carboxylic acids is 1. The molecule has 2 saturated carbocycles. The topological polar surface area (TPSA) is 87.0 Å². The molecule has 0 bridgehead atoms. The van der Waals surface area contributed by atoms with Crippen LogP contribution in [0.25, 0.3) is 0 Å². The van der Waals surface area contributed by atoms with Crippen LogP contribution in [0, 0.1) is 17.3 Å². The van der Waals surface area contributed by atoms with Crippen LogP contribution in [0.4, 0.5) is 0 Å². The van der Waals surface area contributed by atoms with Crippen LogP contribution in [-0.2, 0) is 9.53 Å². The molecule has 3 aliphatic rings. The van der Waals surface area contributed by atoms with E-state index in [1.807, 2.05) is 6.92 Å². The van der Waals surface area contributed by atoms with Crippen molar-refractivity contribution in [3.8, 4) is 0 Å². The first kappa shape index (κ1) is 14.0. The summed E-state index contributed by atoms with van der Waals surface area (Å²) in [7, 11) is 0. The molecule has 0 amide bonds. The van der Waals surface area contributed by atoms with Gasteiger partial charge >= 0.3 is 5.97 Å². The van der Waals surface area contributed by atoms with Gasteiger partial charge in [0.05, 0.1) is 17.6 Å². The molecular weight excluding hydrogens is 260 g/mol. The summed E-state index contributed by atoms with van der Waals surface area (Å²) in [6.07, 6.45) is -1.10. The summed E-state index contributed by atoms with van der Waals surface area (Å²) in [6.45, 7) is 7.40. The summed E-state index contributed by atoms with van der Waals surface area (Å²) in [5, 5.41) is 31.9. The van der Waals surface area contributed by atoms with Crippen molar-refractivity contribution >= 4 is 5.97 Å². The highest BCUT2D eigenvalue weighted by Crippen LogP contribution is 2.60. The largest absolute Gasteiger partial charge is 0.458 e. The zero-order valence-corrected chi connectivity index (χ0v) is 11.9. The predicted molar refractivity (Wildman–Crippen MR) is 70.6 cm³/mol. The molecule has 5 nitrogen and oxygen atoms in total. The Morgan fingerprint density at radius 3 is 2.60 bits per heavy atom. The molecule has 1 saturated heterocycles. The lowest BCUT2D eigenvalue weighted by molar-refractivity contribution is -0.203. The third kappa shape index (κ3) is 1.36. The minimum absolute atomic E-state index is 0.102. The Hall–Kier alpha value is -0.910. The number of hydrogen-bond acceptors (Lipinski definition) is 5. The van der Waals surface area contributed by atoms with Gasteiger partial charge in [0.1, 0.15) is 11.7 Å². The van der Waals surface area contributed by atoms with Crippen LogP contribution in [0.2, 0.25) is 0 Å². The second-order valence-electron chi connectivity index (χ2n) is 6.81. The minimum atomic E-state index is -1.45. The number of aliphatic hydroxyl groups excluding tert-OH is 2. The van der Waals surface area contributed by atoms with Crippen LogP contribution < -0.4 is 0 Å². The zero-order chi connectivity index (χ0) is 14.9. The van der Waals surface area contributed by atoms with Gasteiger partial charge < -0.3 is 20.1 Å². The number of fused-ring (bicyclic) bond motifs is 3. The summed E-state index contributed by atoms with van der Waals surface area (Å²) < 4.78 is 5.44. The molecule has 7 unspecified atom stereocenters. The predicted octanol–water partition coefficient (Wildman–Crippen LogP) is 0.377. The Kier molecular flexibility index (Phi) is 2.85. The average molecular weight is 282 g/mol. The van der Waals surface area contributed by atoms with Crippen molar-refractivity contribution in [1.82, 2.24) is 0 Å². The van der Waals surface area contributed by atoms with E-state index in [-0.39, 0.29) is 18.3 Å². The Morgan fingerprint density at radius 1 is 1.30 bits per heavy atom. The van der Waals surface area contributed by atoms with Crippen LogP contribution in [0.3, 0.4) is 0 Å². The molecule has 0 radical (unpaired) electrons. The van der Waals surface area contributed by atoms with Crippen LogP contribution >= 0.6 is 0 Å². The fraction of sp³-hybridized carbons (Fsp3) is 0.800. The van der Waals surface area contributed by atoms with Crippen LogP contribution in [0.15, 0.2) is 12.2 Å². The van der Waals surface area contributed by atoms with Crippen LogP contribution in [0.1, 0.15) is 33.1 Å². The van der Waals surface area contributed by atoms with E-state index in [0.717, 1.165) is 0 Å². The Morgan fingerprint density at radius 2 is 1.95 bits per heavy atom. The first-order chi connectivity index (χ1) is 9.24. The van der Waals surface area contributed by atoms with Gasteiger partial charge in [-0.05, 0) is 18.8 Å². The third-order valence-corrected chi connectivity index (χ3v) is 6.07. The quantitative estimate of drug-likeness (QED) is 0.441. The minimum Gasteiger partial charge on any atom is -0.458 e. The number of esters is 1. The number of carbonyl (C=O) groups is 1. The molecule has 0 spiro atoms. The SMILES string of the molecule is C=C1C(=O)OC2C1CCC(C)C1(O)C(O)CC(O)C21C.